The fourth-order valence-corrected chi connectivity index (χ4v) is 1.70. The number of halogens is 3. The zero-order chi connectivity index (χ0) is 13.9. The van der Waals surface area contributed by atoms with Crippen molar-refractivity contribution < 1.29 is 17.9 Å². The number of allylic oxidation sites excluding steroid dienone is 1. The minimum Gasteiger partial charge on any atom is -0.372 e. The lowest BCUT2D eigenvalue weighted by Crippen LogP contribution is -2.27. The fraction of sp³-hybridized carbons (Fsp3) is 0.846. The molecular weight excluding hydrogens is 243 g/mol. The molecule has 0 saturated heterocycles. The Kier molecular flexibility index (Phi) is 10.1. The van der Waals surface area contributed by atoms with E-state index >= 15 is 0 Å². The molecule has 108 valence electrons. The van der Waals surface area contributed by atoms with Crippen LogP contribution in [0.4, 0.5) is 13.2 Å². The van der Waals surface area contributed by atoms with Crippen molar-refractivity contribution in [2.75, 3.05) is 20.3 Å². The number of hydrogen-bond acceptors (Lipinski definition) is 2. The Morgan fingerprint density at radius 2 is 1.94 bits per heavy atom. The van der Waals surface area contributed by atoms with E-state index in [9.17, 15) is 13.2 Å². The molecule has 0 heterocycles. The lowest BCUT2D eigenvalue weighted by atomic mass is 10.1. The van der Waals surface area contributed by atoms with Gasteiger partial charge in [0.15, 0.2) is 0 Å². The SMILES string of the molecule is C=CCCCCCC(CCOCC(F)(F)F)NC. The highest BCUT2D eigenvalue weighted by Gasteiger charge is 2.27. The minimum absolute atomic E-state index is 0.150. The molecule has 1 atom stereocenters. The van der Waals surface area contributed by atoms with E-state index in [-0.39, 0.29) is 12.6 Å². The van der Waals surface area contributed by atoms with Gasteiger partial charge >= 0.3 is 6.18 Å². The monoisotopic (exact) mass is 267 g/mol. The average Bonchev–Trinajstić information content (AvgIpc) is 2.30. The Hall–Kier alpha value is -0.550. The summed E-state index contributed by atoms with van der Waals surface area (Å²) >= 11 is 0. The molecule has 0 radical (unpaired) electrons. The second-order valence-electron chi connectivity index (χ2n) is 4.37. The number of nitrogens with one attached hydrogen (secondary N) is 1. The maximum absolute atomic E-state index is 11.8. The maximum Gasteiger partial charge on any atom is 0.411 e. The fourth-order valence-electron chi connectivity index (χ4n) is 1.70. The van der Waals surface area contributed by atoms with Crippen molar-refractivity contribution in [3.8, 4) is 0 Å². The molecular formula is C13H24F3NO. The van der Waals surface area contributed by atoms with E-state index in [0.29, 0.717) is 6.42 Å². The number of hydrogen-bond donors (Lipinski definition) is 1. The Balaban J connectivity index is 3.49. The Bertz CT molecular complexity index is 207. The van der Waals surface area contributed by atoms with Gasteiger partial charge in [-0.3, -0.25) is 0 Å². The summed E-state index contributed by atoms with van der Waals surface area (Å²) < 4.78 is 40.1. The van der Waals surface area contributed by atoms with Crippen LogP contribution in [0.1, 0.15) is 38.5 Å². The molecule has 0 aromatic carbocycles. The smallest absolute Gasteiger partial charge is 0.372 e. The first-order valence-electron chi connectivity index (χ1n) is 6.42. The molecule has 0 aromatic heterocycles. The first-order chi connectivity index (χ1) is 8.49. The lowest BCUT2D eigenvalue weighted by Gasteiger charge is -2.16. The van der Waals surface area contributed by atoms with Crippen molar-refractivity contribution in [1.29, 1.82) is 0 Å². The molecule has 1 N–H and O–H groups in total. The van der Waals surface area contributed by atoms with Gasteiger partial charge in [0, 0.05) is 12.6 Å². The van der Waals surface area contributed by atoms with E-state index < -0.39 is 12.8 Å². The summed E-state index contributed by atoms with van der Waals surface area (Å²) in [6.45, 7) is 2.66. The lowest BCUT2D eigenvalue weighted by molar-refractivity contribution is -0.174. The van der Waals surface area contributed by atoms with Crippen molar-refractivity contribution in [3.05, 3.63) is 12.7 Å². The molecule has 0 bridgehead atoms. The average molecular weight is 267 g/mol. The summed E-state index contributed by atoms with van der Waals surface area (Å²) in [6.07, 6.45) is 3.65. The van der Waals surface area contributed by atoms with Crippen LogP contribution in [-0.2, 0) is 4.74 Å². The first-order valence-corrected chi connectivity index (χ1v) is 6.42. The predicted octanol–water partition coefficient (Wildman–Crippen LogP) is 3.68. The van der Waals surface area contributed by atoms with Gasteiger partial charge in [0.2, 0.25) is 0 Å². The van der Waals surface area contributed by atoms with E-state index in [1.807, 2.05) is 13.1 Å². The van der Waals surface area contributed by atoms with Gasteiger partial charge in [-0.25, -0.2) is 0 Å². The van der Waals surface area contributed by atoms with Crippen molar-refractivity contribution in [2.45, 2.75) is 50.7 Å². The van der Waals surface area contributed by atoms with Crippen molar-refractivity contribution in [2.24, 2.45) is 0 Å². The standard InChI is InChI=1S/C13H24F3NO/c1-3-4-5-6-7-8-12(17-2)9-10-18-11-13(14,15)16/h3,12,17H,1,4-11H2,2H3. The number of alkyl halides is 3. The van der Waals surface area contributed by atoms with Gasteiger partial charge in [0.05, 0.1) is 0 Å². The zero-order valence-electron chi connectivity index (χ0n) is 11.1. The molecule has 0 amide bonds. The molecule has 0 aliphatic rings. The van der Waals surface area contributed by atoms with Gasteiger partial charge in [-0.1, -0.05) is 18.9 Å². The zero-order valence-corrected chi connectivity index (χ0v) is 11.1. The molecule has 0 aliphatic carbocycles. The van der Waals surface area contributed by atoms with Crippen LogP contribution in [0.2, 0.25) is 0 Å². The van der Waals surface area contributed by atoms with Gasteiger partial charge in [-0.15, -0.1) is 6.58 Å². The van der Waals surface area contributed by atoms with E-state index in [4.69, 9.17) is 0 Å². The van der Waals surface area contributed by atoms with Crippen molar-refractivity contribution in [3.63, 3.8) is 0 Å². The molecule has 0 saturated carbocycles. The molecule has 0 aliphatic heterocycles. The van der Waals surface area contributed by atoms with E-state index in [0.717, 1.165) is 32.1 Å². The van der Waals surface area contributed by atoms with E-state index in [2.05, 4.69) is 16.6 Å². The Labute approximate surface area is 108 Å². The third-order valence-electron chi connectivity index (χ3n) is 2.75. The highest BCUT2D eigenvalue weighted by Crippen LogP contribution is 2.15. The molecule has 18 heavy (non-hydrogen) atoms. The molecule has 0 aromatic rings. The van der Waals surface area contributed by atoms with Crippen LogP contribution in [0.25, 0.3) is 0 Å². The molecule has 5 heteroatoms. The van der Waals surface area contributed by atoms with Crippen LogP contribution in [0, 0.1) is 0 Å². The summed E-state index contributed by atoms with van der Waals surface area (Å²) in [5, 5.41) is 3.11. The van der Waals surface area contributed by atoms with Crippen LogP contribution in [0.5, 0.6) is 0 Å². The number of unbranched alkanes of at least 4 members (excludes halogenated alkanes) is 3. The molecule has 2 nitrogen and oxygen atoms in total. The van der Waals surface area contributed by atoms with Gasteiger partial charge in [-0.05, 0) is 32.7 Å². The molecule has 1 unspecified atom stereocenters. The first kappa shape index (κ1) is 17.4. The highest BCUT2D eigenvalue weighted by atomic mass is 19.4. The summed E-state index contributed by atoms with van der Waals surface area (Å²) in [6, 6.07) is 0.238. The van der Waals surface area contributed by atoms with Crippen molar-refractivity contribution in [1.82, 2.24) is 5.32 Å². The molecule has 0 fully saturated rings. The number of rotatable bonds is 11. The normalized spacial score (nSPS) is 13.6. The van der Waals surface area contributed by atoms with Crippen LogP contribution >= 0.6 is 0 Å². The van der Waals surface area contributed by atoms with Crippen LogP contribution in [0.3, 0.4) is 0 Å². The summed E-state index contributed by atoms with van der Waals surface area (Å²) in [5.74, 6) is 0. The van der Waals surface area contributed by atoms with Crippen LogP contribution < -0.4 is 5.32 Å². The predicted molar refractivity (Wildman–Crippen MR) is 67.6 cm³/mol. The minimum atomic E-state index is -4.22. The van der Waals surface area contributed by atoms with Crippen molar-refractivity contribution >= 4 is 0 Å². The maximum atomic E-state index is 11.8. The van der Waals surface area contributed by atoms with Gasteiger partial charge < -0.3 is 10.1 Å². The third kappa shape index (κ3) is 11.9. The van der Waals surface area contributed by atoms with Crippen LogP contribution in [0.15, 0.2) is 12.7 Å². The quantitative estimate of drug-likeness (QED) is 0.455. The largest absolute Gasteiger partial charge is 0.411 e. The summed E-state index contributed by atoms with van der Waals surface area (Å²) in [5.41, 5.74) is 0. The van der Waals surface area contributed by atoms with Gasteiger partial charge in [0.25, 0.3) is 0 Å². The topological polar surface area (TPSA) is 21.3 Å². The van der Waals surface area contributed by atoms with E-state index in [1.165, 1.54) is 0 Å². The van der Waals surface area contributed by atoms with Crippen LogP contribution in [-0.4, -0.2) is 32.5 Å². The third-order valence-corrected chi connectivity index (χ3v) is 2.75. The van der Waals surface area contributed by atoms with Gasteiger partial charge in [0.1, 0.15) is 6.61 Å². The second-order valence-corrected chi connectivity index (χ2v) is 4.37. The molecule has 0 spiro atoms. The van der Waals surface area contributed by atoms with E-state index in [1.54, 1.807) is 0 Å². The second kappa shape index (κ2) is 10.4. The van der Waals surface area contributed by atoms with Gasteiger partial charge in [-0.2, -0.15) is 13.2 Å². The Morgan fingerprint density at radius 3 is 2.50 bits per heavy atom. The molecule has 0 rings (SSSR count). The highest BCUT2D eigenvalue weighted by molar-refractivity contribution is 4.68. The summed E-state index contributed by atoms with van der Waals surface area (Å²) in [4.78, 5) is 0. The summed E-state index contributed by atoms with van der Waals surface area (Å²) in [7, 11) is 1.83. The number of ether oxygens (including phenoxy) is 1. The Morgan fingerprint density at radius 1 is 1.22 bits per heavy atom.